The van der Waals surface area contributed by atoms with Crippen molar-refractivity contribution < 1.29 is 19.5 Å². The van der Waals surface area contributed by atoms with E-state index in [4.69, 9.17) is 10.8 Å². The van der Waals surface area contributed by atoms with Crippen molar-refractivity contribution in [2.24, 2.45) is 5.73 Å². The number of hydrogen-bond donors (Lipinski definition) is 3. The molecule has 17 heavy (non-hydrogen) atoms. The number of primary amides is 1. The van der Waals surface area contributed by atoms with Crippen LogP contribution in [0.5, 0.6) is 0 Å². The van der Waals surface area contributed by atoms with Crippen LogP contribution in [0.15, 0.2) is 17.5 Å². The Bertz CT molecular complexity index is 418. The van der Waals surface area contributed by atoms with Crippen molar-refractivity contribution in [2.45, 2.75) is 6.04 Å². The maximum atomic E-state index is 11.6. The molecule has 1 aromatic rings. The third-order valence-corrected chi connectivity index (χ3v) is 2.67. The molecule has 0 aliphatic rings. The van der Waals surface area contributed by atoms with E-state index >= 15 is 0 Å². The van der Waals surface area contributed by atoms with E-state index in [1.807, 2.05) is 0 Å². The Balaban J connectivity index is 2.73. The van der Waals surface area contributed by atoms with Crippen LogP contribution >= 0.6 is 11.3 Å². The lowest BCUT2D eigenvalue weighted by Crippen LogP contribution is -2.40. The minimum atomic E-state index is -1.22. The number of amides is 3. The predicted molar refractivity (Wildman–Crippen MR) is 59.4 cm³/mol. The molecule has 1 radical (unpaired) electrons. The molecule has 1 rings (SSSR count). The van der Waals surface area contributed by atoms with Crippen LogP contribution in [-0.4, -0.2) is 29.6 Å². The van der Waals surface area contributed by atoms with E-state index < -0.39 is 30.5 Å². The van der Waals surface area contributed by atoms with Gasteiger partial charge in [0.1, 0.15) is 12.6 Å². The minimum Gasteiger partial charge on any atom is -0.480 e. The summed E-state index contributed by atoms with van der Waals surface area (Å²) in [6.07, 6.45) is 0. The van der Waals surface area contributed by atoms with Crippen LogP contribution in [0.1, 0.15) is 10.9 Å². The van der Waals surface area contributed by atoms with Crippen molar-refractivity contribution in [3.8, 4) is 0 Å². The maximum absolute atomic E-state index is 11.6. The van der Waals surface area contributed by atoms with Crippen LogP contribution in [0, 0.1) is 0 Å². The molecule has 3 amide bonds. The highest BCUT2D eigenvalue weighted by Crippen LogP contribution is 2.19. The van der Waals surface area contributed by atoms with E-state index in [1.165, 1.54) is 11.3 Å². The summed E-state index contributed by atoms with van der Waals surface area (Å²) >= 11 is 1.24. The summed E-state index contributed by atoms with van der Waals surface area (Å²) in [6, 6.07) is 1.42. The van der Waals surface area contributed by atoms with Gasteiger partial charge in [0.05, 0.1) is 0 Å². The fourth-order valence-corrected chi connectivity index (χ4v) is 1.86. The number of hydrogen-bond acceptors (Lipinski definition) is 4. The average Bonchev–Trinajstić information content (AvgIpc) is 2.75. The fraction of sp³-hybridized carbons (Fsp3) is 0.222. The van der Waals surface area contributed by atoms with Gasteiger partial charge in [-0.1, -0.05) is 6.07 Å². The molecule has 0 spiro atoms. The first-order valence-electron chi connectivity index (χ1n) is 4.53. The number of nitrogens with two attached hydrogens (primary N) is 1. The highest BCUT2D eigenvalue weighted by atomic mass is 32.1. The summed E-state index contributed by atoms with van der Waals surface area (Å²) in [5.41, 5.74) is 4.94. The molecule has 0 aromatic carbocycles. The van der Waals surface area contributed by atoms with Gasteiger partial charge >= 0.3 is 12.0 Å². The Morgan fingerprint density at radius 2 is 2.24 bits per heavy atom. The summed E-state index contributed by atoms with van der Waals surface area (Å²) in [4.78, 5) is 33.2. The summed E-state index contributed by atoms with van der Waals surface area (Å²) in [5, 5.41) is 15.7. The monoisotopic (exact) mass is 256 g/mol. The number of aliphatic carboxylic acids is 1. The minimum absolute atomic E-state index is 0.544. The molecule has 91 valence electrons. The first-order chi connectivity index (χ1) is 8.00. The number of thiophene rings is 1. The highest BCUT2D eigenvalue weighted by molar-refractivity contribution is 7.10. The van der Waals surface area contributed by atoms with Crippen molar-refractivity contribution in [1.29, 1.82) is 0 Å². The Morgan fingerprint density at radius 3 is 2.71 bits per heavy atom. The molecule has 1 unspecified atom stereocenters. The highest BCUT2D eigenvalue weighted by Gasteiger charge is 2.24. The molecular formula is C9H10N3O4S. The van der Waals surface area contributed by atoms with E-state index in [-0.39, 0.29) is 0 Å². The molecule has 8 heteroatoms. The van der Waals surface area contributed by atoms with Gasteiger partial charge in [0.25, 0.3) is 5.91 Å². The molecule has 1 atom stereocenters. The van der Waals surface area contributed by atoms with Gasteiger partial charge in [0.15, 0.2) is 0 Å². The largest absolute Gasteiger partial charge is 0.480 e. The molecular weight excluding hydrogens is 246 g/mol. The van der Waals surface area contributed by atoms with Crippen LogP contribution in [0.4, 0.5) is 4.79 Å². The lowest BCUT2D eigenvalue weighted by atomic mass is 10.2. The van der Waals surface area contributed by atoms with Gasteiger partial charge in [-0.05, 0) is 11.4 Å². The molecule has 1 heterocycles. The number of carbonyl (C=O) groups is 3. The topological polar surface area (TPSA) is 124 Å². The number of nitrogens with one attached hydrogen (secondary N) is 1. The number of rotatable bonds is 5. The van der Waals surface area contributed by atoms with Gasteiger partial charge in [-0.2, -0.15) is 0 Å². The summed E-state index contributed by atoms with van der Waals surface area (Å²) in [5.74, 6) is -1.96. The zero-order chi connectivity index (χ0) is 12.8. The molecule has 4 N–H and O–H groups in total. The second-order valence-electron chi connectivity index (χ2n) is 3.01. The van der Waals surface area contributed by atoms with Gasteiger partial charge in [0, 0.05) is 4.88 Å². The Kier molecular flexibility index (Phi) is 4.46. The molecule has 0 aliphatic carbocycles. The second kappa shape index (κ2) is 5.85. The molecule has 0 aliphatic heterocycles. The smallest absolute Gasteiger partial charge is 0.325 e. The van der Waals surface area contributed by atoms with Crippen molar-refractivity contribution in [3.63, 3.8) is 0 Å². The van der Waals surface area contributed by atoms with Crippen LogP contribution in [0.2, 0.25) is 0 Å². The average molecular weight is 256 g/mol. The van der Waals surface area contributed by atoms with Crippen LogP contribution in [0.25, 0.3) is 0 Å². The molecule has 0 bridgehead atoms. The number of urea groups is 1. The maximum Gasteiger partial charge on any atom is 0.325 e. The van der Waals surface area contributed by atoms with Gasteiger partial charge < -0.3 is 16.2 Å². The SMILES string of the molecule is NC(=O)NC(C(=O)[N]CC(=O)O)c1cccs1. The number of carbonyl (C=O) groups excluding carboxylic acids is 2. The van der Waals surface area contributed by atoms with Gasteiger partial charge in [-0.15, -0.1) is 11.3 Å². The number of nitrogens with zero attached hydrogens (tertiary/aromatic N) is 1. The van der Waals surface area contributed by atoms with Crippen LogP contribution in [-0.2, 0) is 9.59 Å². The molecule has 0 saturated heterocycles. The number of carboxylic acids is 1. The first-order valence-corrected chi connectivity index (χ1v) is 5.41. The van der Waals surface area contributed by atoms with Crippen LogP contribution in [0.3, 0.4) is 0 Å². The Labute approximate surface area is 101 Å². The Hall–Kier alpha value is -2.09. The molecule has 0 saturated carbocycles. The van der Waals surface area contributed by atoms with Gasteiger partial charge in [-0.25, -0.2) is 10.1 Å². The standard InChI is InChI=1S/C9H10N3O4S/c10-9(16)12-7(5-2-1-3-17-5)8(15)11-4-6(13)14/h1-3,7H,4H2,(H,13,14)(H3,10,12,16). The van der Waals surface area contributed by atoms with Crippen molar-refractivity contribution in [2.75, 3.05) is 6.54 Å². The molecule has 1 aromatic heterocycles. The normalized spacial score (nSPS) is 11.5. The molecule has 0 fully saturated rings. The van der Waals surface area contributed by atoms with Crippen LogP contribution < -0.4 is 16.4 Å². The summed E-state index contributed by atoms with van der Waals surface area (Å²) in [7, 11) is 0. The van der Waals surface area contributed by atoms with Crippen molar-refractivity contribution in [3.05, 3.63) is 22.4 Å². The van der Waals surface area contributed by atoms with Gasteiger partial charge in [0.2, 0.25) is 0 Å². The number of carboxylic acid groups (broad SMARTS) is 1. The third-order valence-electron chi connectivity index (χ3n) is 1.73. The zero-order valence-electron chi connectivity index (χ0n) is 8.62. The van der Waals surface area contributed by atoms with E-state index in [0.717, 1.165) is 0 Å². The van der Waals surface area contributed by atoms with E-state index in [1.54, 1.807) is 17.5 Å². The second-order valence-corrected chi connectivity index (χ2v) is 3.98. The summed E-state index contributed by atoms with van der Waals surface area (Å²) in [6.45, 7) is -0.638. The lowest BCUT2D eigenvalue weighted by molar-refractivity contribution is -0.138. The van der Waals surface area contributed by atoms with Crippen molar-refractivity contribution in [1.82, 2.24) is 10.6 Å². The predicted octanol–water partition coefficient (Wildman–Crippen LogP) is -0.327. The lowest BCUT2D eigenvalue weighted by Gasteiger charge is -2.13. The van der Waals surface area contributed by atoms with E-state index in [2.05, 4.69) is 10.6 Å². The Morgan fingerprint density at radius 1 is 1.53 bits per heavy atom. The third kappa shape index (κ3) is 4.11. The summed E-state index contributed by atoms with van der Waals surface area (Å²) < 4.78 is 0. The van der Waals surface area contributed by atoms with Crippen molar-refractivity contribution >= 4 is 29.2 Å². The fourth-order valence-electron chi connectivity index (χ4n) is 1.09. The zero-order valence-corrected chi connectivity index (χ0v) is 9.44. The van der Waals surface area contributed by atoms with E-state index in [0.29, 0.717) is 4.88 Å². The first kappa shape index (κ1) is 13.0. The quantitative estimate of drug-likeness (QED) is 0.667. The van der Waals surface area contributed by atoms with Gasteiger partial charge in [-0.3, -0.25) is 9.59 Å². The molecule has 7 nitrogen and oxygen atoms in total. The van der Waals surface area contributed by atoms with E-state index in [9.17, 15) is 14.4 Å².